The maximum atomic E-state index is 13.1. The Morgan fingerprint density at radius 3 is 2.39 bits per heavy atom. The van der Waals surface area contributed by atoms with Gasteiger partial charge in [-0.15, -0.1) is 0 Å². The van der Waals surface area contributed by atoms with Gasteiger partial charge >= 0.3 is 0 Å². The summed E-state index contributed by atoms with van der Waals surface area (Å²) in [4.78, 5) is 39.1. The number of rotatable bonds is 7. The minimum atomic E-state index is -0.499. The average molecular weight is 444 g/mol. The largest absolute Gasteiger partial charge is 0.352 e. The molecule has 0 radical (unpaired) electrons. The fraction of sp³-hybridized carbons (Fsp3) is 0.444. The molecule has 6 nitrogen and oxygen atoms in total. The molecular weight excluding hydrogens is 414 g/mol. The van der Waals surface area contributed by atoms with Gasteiger partial charge in [0.1, 0.15) is 11.1 Å². The van der Waals surface area contributed by atoms with Crippen LogP contribution in [-0.2, 0) is 6.54 Å². The highest BCUT2D eigenvalue weighted by Gasteiger charge is 2.62. The van der Waals surface area contributed by atoms with E-state index in [0.717, 1.165) is 24.8 Å². The van der Waals surface area contributed by atoms with Crippen LogP contribution in [0.15, 0.2) is 59.7 Å². The molecule has 2 amide bonds. The molecule has 2 bridgehead atoms. The van der Waals surface area contributed by atoms with E-state index in [4.69, 9.17) is 0 Å². The molecule has 33 heavy (non-hydrogen) atoms. The van der Waals surface area contributed by atoms with Crippen LogP contribution in [0.25, 0.3) is 0 Å². The van der Waals surface area contributed by atoms with E-state index in [1.165, 1.54) is 12.8 Å². The quantitative estimate of drug-likeness (QED) is 0.646. The Bertz CT molecular complexity index is 1190. The predicted octanol–water partition coefficient (Wildman–Crippen LogP) is 3.12. The standard InChI is InChI=1S/C27H29N3O3/c31-24-21(25(32)28-13-18-12-19-6-9-23(18)27(19)10-11-27)15-30(14-17-4-2-1-3-5-17)16-22(24)26(33)29-20-7-8-20/h1-6,9,15-16,18-20,23H,7-8,10-14H2,(H,28,32)(H,29,33). The lowest BCUT2D eigenvalue weighted by Crippen LogP contribution is -2.38. The summed E-state index contributed by atoms with van der Waals surface area (Å²) in [5.74, 6) is 0.849. The van der Waals surface area contributed by atoms with Crippen molar-refractivity contribution < 1.29 is 9.59 Å². The van der Waals surface area contributed by atoms with E-state index in [-0.39, 0.29) is 23.1 Å². The molecule has 0 aliphatic heterocycles. The van der Waals surface area contributed by atoms with Crippen LogP contribution in [0.4, 0.5) is 0 Å². The molecule has 1 heterocycles. The van der Waals surface area contributed by atoms with Crippen molar-refractivity contribution in [1.82, 2.24) is 15.2 Å². The van der Waals surface area contributed by atoms with Crippen molar-refractivity contribution >= 4 is 11.8 Å². The van der Waals surface area contributed by atoms with Gasteiger partial charge in [0.05, 0.1) is 0 Å². The van der Waals surface area contributed by atoms with Gasteiger partial charge in [0, 0.05) is 31.5 Å². The summed E-state index contributed by atoms with van der Waals surface area (Å²) >= 11 is 0. The summed E-state index contributed by atoms with van der Waals surface area (Å²) in [6, 6.07) is 9.94. The van der Waals surface area contributed by atoms with Gasteiger partial charge in [-0.05, 0) is 60.8 Å². The normalized spacial score (nSPS) is 25.9. The summed E-state index contributed by atoms with van der Waals surface area (Å²) < 4.78 is 1.77. The van der Waals surface area contributed by atoms with E-state index < -0.39 is 11.3 Å². The third-order valence-electron chi connectivity index (χ3n) is 8.06. The van der Waals surface area contributed by atoms with Crippen molar-refractivity contribution in [2.24, 2.45) is 23.2 Å². The molecule has 4 aliphatic rings. The van der Waals surface area contributed by atoms with Crippen LogP contribution in [0, 0.1) is 23.2 Å². The Kier molecular flexibility index (Phi) is 4.78. The fourth-order valence-corrected chi connectivity index (χ4v) is 6.01. The summed E-state index contributed by atoms with van der Waals surface area (Å²) in [5, 5.41) is 5.91. The monoisotopic (exact) mass is 443 g/mol. The van der Waals surface area contributed by atoms with E-state index in [1.807, 2.05) is 30.3 Å². The number of benzene rings is 1. The summed E-state index contributed by atoms with van der Waals surface area (Å²) in [6.07, 6.45) is 13.4. The van der Waals surface area contributed by atoms with Gasteiger partial charge in [-0.2, -0.15) is 0 Å². The van der Waals surface area contributed by atoms with Crippen molar-refractivity contribution in [3.63, 3.8) is 0 Å². The average Bonchev–Trinajstić information content (AvgIpc) is 3.73. The molecule has 1 aromatic carbocycles. The van der Waals surface area contributed by atoms with Crippen LogP contribution in [0.2, 0.25) is 0 Å². The van der Waals surface area contributed by atoms with Crippen LogP contribution in [0.1, 0.15) is 58.4 Å². The zero-order valence-electron chi connectivity index (χ0n) is 18.6. The molecule has 3 atom stereocenters. The molecule has 6 heteroatoms. The van der Waals surface area contributed by atoms with Gasteiger partial charge in [0.2, 0.25) is 5.43 Å². The number of carbonyl (C=O) groups excluding carboxylic acids is 2. The zero-order chi connectivity index (χ0) is 22.6. The molecule has 2 N–H and O–H groups in total. The van der Waals surface area contributed by atoms with Crippen LogP contribution in [0.5, 0.6) is 0 Å². The summed E-state index contributed by atoms with van der Waals surface area (Å²) in [6.45, 7) is 1.05. The topological polar surface area (TPSA) is 80.2 Å². The van der Waals surface area contributed by atoms with E-state index >= 15 is 0 Å². The Morgan fingerprint density at radius 1 is 1.00 bits per heavy atom. The molecule has 3 unspecified atom stereocenters. The van der Waals surface area contributed by atoms with Crippen molar-refractivity contribution in [3.05, 3.63) is 81.8 Å². The van der Waals surface area contributed by atoms with Crippen LogP contribution < -0.4 is 16.1 Å². The summed E-state index contributed by atoms with van der Waals surface area (Å²) in [5.41, 5.74) is 1.07. The second-order valence-corrected chi connectivity index (χ2v) is 10.3. The van der Waals surface area contributed by atoms with Crippen molar-refractivity contribution in [2.45, 2.75) is 44.7 Å². The number of nitrogens with one attached hydrogen (secondary N) is 2. The Balaban J connectivity index is 1.24. The van der Waals surface area contributed by atoms with Crippen LogP contribution >= 0.6 is 0 Å². The molecule has 0 saturated heterocycles. The highest BCUT2D eigenvalue weighted by Crippen LogP contribution is 2.69. The van der Waals surface area contributed by atoms with Crippen LogP contribution in [0.3, 0.4) is 0 Å². The predicted molar refractivity (Wildman–Crippen MR) is 125 cm³/mol. The molecule has 2 aromatic rings. The number of hydrogen-bond acceptors (Lipinski definition) is 3. The van der Waals surface area contributed by atoms with Crippen LogP contribution in [-0.4, -0.2) is 29.0 Å². The SMILES string of the molecule is O=C(NCC1CC2C=CC1C21CC1)c1cn(Cc2ccccc2)cc(C(=O)NC2CC2)c1=O. The lowest BCUT2D eigenvalue weighted by atomic mass is 9.89. The summed E-state index contributed by atoms with van der Waals surface area (Å²) in [7, 11) is 0. The maximum absolute atomic E-state index is 13.1. The second kappa shape index (κ2) is 7.72. The van der Waals surface area contributed by atoms with E-state index in [2.05, 4.69) is 22.8 Å². The second-order valence-electron chi connectivity index (χ2n) is 10.3. The Morgan fingerprint density at radius 2 is 1.73 bits per heavy atom. The third kappa shape index (κ3) is 3.71. The third-order valence-corrected chi connectivity index (χ3v) is 8.06. The fourth-order valence-electron chi connectivity index (χ4n) is 6.01. The lowest BCUT2D eigenvalue weighted by molar-refractivity contribution is 0.0942. The van der Waals surface area contributed by atoms with Gasteiger partial charge in [0.25, 0.3) is 11.8 Å². The first-order valence-electron chi connectivity index (χ1n) is 12.1. The van der Waals surface area contributed by atoms with Crippen molar-refractivity contribution in [2.75, 3.05) is 6.54 Å². The number of nitrogens with zero attached hydrogens (tertiary/aromatic N) is 1. The van der Waals surface area contributed by atoms with Gasteiger partial charge in [-0.1, -0.05) is 42.5 Å². The molecule has 6 rings (SSSR count). The maximum Gasteiger partial charge on any atom is 0.256 e. The van der Waals surface area contributed by atoms with Gasteiger partial charge < -0.3 is 15.2 Å². The number of allylic oxidation sites excluding steroid dienone is 2. The van der Waals surface area contributed by atoms with Crippen molar-refractivity contribution in [1.29, 1.82) is 0 Å². The lowest BCUT2D eigenvalue weighted by Gasteiger charge is -2.20. The Hall–Kier alpha value is -3.15. The van der Waals surface area contributed by atoms with Crippen molar-refractivity contribution in [3.8, 4) is 0 Å². The first-order chi connectivity index (χ1) is 16.0. The zero-order valence-corrected chi connectivity index (χ0v) is 18.6. The number of carbonyl (C=O) groups is 2. The first kappa shape index (κ1) is 20.5. The number of hydrogen-bond donors (Lipinski definition) is 2. The Labute approximate surface area is 193 Å². The molecule has 170 valence electrons. The molecule has 4 aliphatic carbocycles. The van der Waals surface area contributed by atoms with Gasteiger partial charge in [-0.3, -0.25) is 14.4 Å². The number of amides is 2. The number of pyridine rings is 1. The molecule has 1 spiro atoms. The molecular formula is C27H29N3O3. The van der Waals surface area contributed by atoms with Gasteiger partial charge in [0.15, 0.2) is 0 Å². The molecule has 3 fully saturated rings. The number of aromatic nitrogens is 1. The van der Waals surface area contributed by atoms with E-state index in [1.54, 1.807) is 17.0 Å². The van der Waals surface area contributed by atoms with E-state index in [0.29, 0.717) is 36.3 Å². The highest BCUT2D eigenvalue weighted by atomic mass is 16.2. The minimum Gasteiger partial charge on any atom is -0.352 e. The van der Waals surface area contributed by atoms with E-state index in [9.17, 15) is 14.4 Å². The molecule has 1 aromatic heterocycles. The molecule has 3 saturated carbocycles. The smallest absolute Gasteiger partial charge is 0.256 e. The minimum absolute atomic E-state index is 0.0327. The first-order valence-corrected chi connectivity index (χ1v) is 12.1. The highest BCUT2D eigenvalue weighted by molar-refractivity contribution is 5.99. The van der Waals surface area contributed by atoms with Gasteiger partial charge in [-0.25, -0.2) is 0 Å².